The van der Waals surface area contributed by atoms with Gasteiger partial charge in [-0.05, 0) is 63.8 Å². The molecule has 188 valence electrons. The van der Waals surface area contributed by atoms with Crippen molar-refractivity contribution in [3.8, 4) is 17.2 Å². The van der Waals surface area contributed by atoms with Crippen LogP contribution in [0, 0.1) is 0 Å². The molecule has 1 aromatic heterocycles. The summed E-state index contributed by atoms with van der Waals surface area (Å²) in [4.78, 5) is 23.9. The highest BCUT2D eigenvalue weighted by atomic mass is 32.1. The summed E-state index contributed by atoms with van der Waals surface area (Å²) in [5.41, 5.74) is 2.14. The fraction of sp³-hybridized carbons (Fsp3) is 0.429. The predicted octanol–water partition coefficient (Wildman–Crippen LogP) is 6.42. The highest BCUT2D eigenvalue weighted by Crippen LogP contribution is 2.51. The Kier molecular flexibility index (Phi) is 6.31. The van der Waals surface area contributed by atoms with Gasteiger partial charge in [-0.1, -0.05) is 12.1 Å². The van der Waals surface area contributed by atoms with Crippen LogP contribution in [0.1, 0.15) is 44.5 Å². The molecule has 8 heteroatoms. The normalized spacial score (nSPS) is 22.5. The van der Waals surface area contributed by atoms with Crippen molar-refractivity contribution < 1.29 is 14.3 Å². The number of thiazole rings is 1. The number of carbonyl (C=O) groups excluding carboxylic acids is 1. The lowest BCUT2D eigenvalue weighted by Crippen LogP contribution is -2.49. The van der Waals surface area contributed by atoms with Crippen LogP contribution in [0.25, 0.3) is 0 Å². The van der Waals surface area contributed by atoms with E-state index in [1.165, 1.54) is 17.8 Å². The van der Waals surface area contributed by atoms with Crippen molar-refractivity contribution in [3.05, 3.63) is 59.0 Å². The lowest BCUT2D eigenvalue weighted by Gasteiger charge is -2.45. The van der Waals surface area contributed by atoms with Crippen LogP contribution in [-0.2, 0) is 6.54 Å². The average Bonchev–Trinajstić information content (AvgIpc) is 3.48. The van der Waals surface area contributed by atoms with Crippen molar-refractivity contribution >= 4 is 28.8 Å². The standard InChI is InChI=1S/C28H32N4O3S/c1-3-30(4-2)28(33)34-22-11-12-24-26(17-22)35-25-8-6-5-7-23(25)32(24)21-15-19-9-10-20(16-21)31(19)18-27-29-13-14-36-27/h5-8,11-14,17,19-21H,3-4,9-10,15-16,18H2,1-2H3. The second-order valence-electron chi connectivity index (χ2n) is 9.72. The van der Waals surface area contributed by atoms with Crippen LogP contribution >= 0.6 is 11.3 Å². The first-order valence-corrected chi connectivity index (χ1v) is 13.8. The predicted molar refractivity (Wildman–Crippen MR) is 142 cm³/mol. The molecule has 0 spiro atoms. The molecule has 1 amide bonds. The average molecular weight is 505 g/mol. The number of rotatable bonds is 6. The van der Waals surface area contributed by atoms with E-state index in [9.17, 15) is 4.79 Å². The number of aromatic nitrogens is 1. The van der Waals surface area contributed by atoms with Crippen LogP contribution in [0.3, 0.4) is 0 Å². The molecule has 2 bridgehead atoms. The summed E-state index contributed by atoms with van der Waals surface area (Å²) < 4.78 is 12.0. The first-order chi connectivity index (χ1) is 17.6. The molecule has 3 aliphatic heterocycles. The van der Waals surface area contributed by atoms with Gasteiger partial charge in [0.2, 0.25) is 0 Å². The van der Waals surface area contributed by atoms with E-state index in [1.807, 2.05) is 50.4 Å². The second kappa shape index (κ2) is 9.75. The number of fused-ring (bicyclic) bond motifs is 4. The van der Waals surface area contributed by atoms with Crippen LogP contribution in [0.4, 0.5) is 16.2 Å². The van der Waals surface area contributed by atoms with E-state index in [0.29, 0.717) is 37.0 Å². The van der Waals surface area contributed by atoms with Gasteiger partial charge in [-0.2, -0.15) is 0 Å². The molecule has 6 rings (SSSR count). The minimum atomic E-state index is -0.336. The maximum atomic E-state index is 12.5. The molecule has 2 saturated heterocycles. The van der Waals surface area contributed by atoms with Crippen molar-refractivity contribution in [3.63, 3.8) is 0 Å². The number of anilines is 2. The van der Waals surface area contributed by atoms with E-state index in [1.54, 1.807) is 16.2 Å². The number of nitrogens with zero attached hydrogens (tertiary/aromatic N) is 4. The van der Waals surface area contributed by atoms with Crippen molar-refractivity contribution in [1.29, 1.82) is 0 Å². The van der Waals surface area contributed by atoms with Crippen LogP contribution < -0.4 is 14.4 Å². The summed E-state index contributed by atoms with van der Waals surface area (Å²) in [5.74, 6) is 2.08. The van der Waals surface area contributed by atoms with Gasteiger partial charge in [0, 0.05) is 48.9 Å². The molecule has 4 heterocycles. The van der Waals surface area contributed by atoms with Crippen molar-refractivity contribution in [2.75, 3.05) is 18.0 Å². The topological polar surface area (TPSA) is 58.1 Å². The SMILES string of the molecule is CCN(CC)C(=O)Oc1ccc2c(c1)Oc1ccccc1N2C1CC2CCC(C1)N2Cc1nccs1. The third-order valence-electron chi connectivity index (χ3n) is 7.79. The quantitative estimate of drug-likeness (QED) is 0.386. The van der Waals surface area contributed by atoms with E-state index < -0.39 is 0 Å². The number of amides is 1. The number of carbonyl (C=O) groups is 1. The first-order valence-electron chi connectivity index (χ1n) is 13.0. The summed E-state index contributed by atoms with van der Waals surface area (Å²) in [5, 5.41) is 3.28. The van der Waals surface area contributed by atoms with Gasteiger partial charge in [-0.3, -0.25) is 4.90 Å². The Morgan fingerprint density at radius 2 is 1.81 bits per heavy atom. The third kappa shape index (κ3) is 4.22. The van der Waals surface area contributed by atoms with E-state index in [4.69, 9.17) is 9.47 Å². The van der Waals surface area contributed by atoms with Crippen molar-refractivity contribution in [1.82, 2.24) is 14.8 Å². The zero-order valence-corrected chi connectivity index (χ0v) is 21.6. The smallest absolute Gasteiger partial charge is 0.415 e. The second-order valence-corrected chi connectivity index (χ2v) is 10.7. The molecule has 2 atom stereocenters. The molecule has 0 aliphatic carbocycles. The monoisotopic (exact) mass is 504 g/mol. The van der Waals surface area contributed by atoms with Gasteiger partial charge in [0.15, 0.2) is 11.5 Å². The number of hydrogen-bond acceptors (Lipinski definition) is 7. The van der Waals surface area contributed by atoms with Gasteiger partial charge in [0.1, 0.15) is 10.8 Å². The fourth-order valence-electron chi connectivity index (χ4n) is 6.07. The zero-order chi connectivity index (χ0) is 24.6. The molecule has 7 nitrogen and oxygen atoms in total. The summed E-state index contributed by atoms with van der Waals surface area (Å²) in [6.45, 7) is 6.08. The van der Waals surface area contributed by atoms with Crippen molar-refractivity contribution in [2.24, 2.45) is 0 Å². The minimum absolute atomic E-state index is 0.336. The maximum Gasteiger partial charge on any atom is 0.415 e. The van der Waals surface area contributed by atoms with Gasteiger partial charge >= 0.3 is 6.09 Å². The Labute approximate surface area is 216 Å². The molecular weight excluding hydrogens is 472 g/mol. The number of ether oxygens (including phenoxy) is 2. The van der Waals surface area contributed by atoms with Gasteiger partial charge < -0.3 is 19.3 Å². The third-order valence-corrected chi connectivity index (χ3v) is 8.55. The van der Waals surface area contributed by atoms with E-state index in [2.05, 4.69) is 32.3 Å². The Hall–Kier alpha value is -3.10. The number of para-hydroxylation sites is 2. The zero-order valence-electron chi connectivity index (χ0n) is 20.8. The van der Waals surface area contributed by atoms with E-state index in [0.717, 1.165) is 42.3 Å². The Bertz CT molecular complexity index is 1220. The lowest BCUT2D eigenvalue weighted by atomic mass is 9.94. The molecular formula is C28H32N4O3S. The van der Waals surface area contributed by atoms with Crippen LogP contribution in [0.2, 0.25) is 0 Å². The Morgan fingerprint density at radius 3 is 2.53 bits per heavy atom. The Balaban J connectivity index is 1.28. The molecule has 2 fully saturated rings. The fourth-order valence-corrected chi connectivity index (χ4v) is 6.70. The number of piperidine rings is 1. The Morgan fingerprint density at radius 1 is 1.06 bits per heavy atom. The largest absolute Gasteiger partial charge is 0.453 e. The molecule has 2 unspecified atom stereocenters. The molecule has 2 aromatic carbocycles. The van der Waals surface area contributed by atoms with Crippen LogP contribution in [-0.4, -0.2) is 52.1 Å². The van der Waals surface area contributed by atoms with E-state index >= 15 is 0 Å². The lowest BCUT2D eigenvalue weighted by molar-refractivity contribution is 0.119. The van der Waals surface area contributed by atoms with Gasteiger partial charge in [0.05, 0.1) is 17.9 Å². The molecule has 0 radical (unpaired) electrons. The molecule has 0 N–H and O–H groups in total. The first kappa shape index (κ1) is 23.3. The maximum absolute atomic E-state index is 12.5. The number of hydrogen-bond donors (Lipinski definition) is 0. The minimum Gasteiger partial charge on any atom is -0.453 e. The molecule has 36 heavy (non-hydrogen) atoms. The summed E-state index contributed by atoms with van der Waals surface area (Å²) in [6.07, 6.45) is 6.27. The molecule has 3 aliphatic rings. The number of benzene rings is 2. The molecule has 3 aromatic rings. The highest BCUT2D eigenvalue weighted by Gasteiger charge is 2.44. The van der Waals surface area contributed by atoms with Gasteiger partial charge in [-0.25, -0.2) is 9.78 Å². The van der Waals surface area contributed by atoms with Gasteiger partial charge in [-0.15, -0.1) is 11.3 Å². The van der Waals surface area contributed by atoms with Crippen LogP contribution in [0.15, 0.2) is 54.0 Å². The molecule has 0 saturated carbocycles. The van der Waals surface area contributed by atoms with Crippen LogP contribution in [0.5, 0.6) is 17.2 Å². The van der Waals surface area contributed by atoms with Gasteiger partial charge in [0.25, 0.3) is 0 Å². The summed E-state index contributed by atoms with van der Waals surface area (Å²) in [7, 11) is 0. The summed E-state index contributed by atoms with van der Waals surface area (Å²) >= 11 is 1.75. The summed E-state index contributed by atoms with van der Waals surface area (Å²) in [6, 6.07) is 15.5. The highest BCUT2D eigenvalue weighted by molar-refractivity contribution is 7.09. The van der Waals surface area contributed by atoms with Crippen molar-refractivity contribution in [2.45, 2.75) is 64.2 Å². The van der Waals surface area contributed by atoms with E-state index in [-0.39, 0.29) is 6.09 Å².